The zero-order valence-electron chi connectivity index (χ0n) is 13.3. The van der Waals surface area contributed by atoms with Crippen molar-refractivity contribution < 1.29 is 17.9 Å². The predicted octanol–water partition coefficient (Wildman–Crippen LogP) is 2.54. The van der Waals surface area contributed by atoms with Crippen LogP contribution in [0.25, 0.3) is 0 Å². The average Bonchev–Trinajstić information content (AvgIpc) is 3.14. The summed E-state index contributed by atoms with van der Waals surface area (Å²) >= 11 is 5.95. The highest BCUT2D eigenvalue weighted by Gasteiger charge is 2.36. The molecule has 2 fully saturated rings. The maximum absolute atomic E-state index is 12.7. The number of anilines is 1. The maximum atomic E-state index is 12.7. The number of benzene rings is 1. The van der Waals surface area contributed by atoms with Crippen LogP contribution in [0.5, 0.6) is 0 Å². The first-order chi connectivity index (χ1) is 11.4. The fourth-order valence-corrected chi connectivity index (χ4v) is 5.11. The Morgan fingerprint density at radius 1 is 1.38 bits per heavy atom. The van der Waals surface area contributed by atoms with Crippen LogP contribution in [0.1, 0.15) is 19.3 Å². The Bertz CT molecular complexity index is 704. The van der Waals surface area contributed by atoms with E-state index in [4.69, 9.17) is 16.3 Å². The van der Waals surface area contributed by atoms with Crippen molar-refractivity contribution in [3.05, 3.63) is 29.3 Å². The van der Waals surface area contributed by atoms with Crippen LogP contribution in [-0.4, -0.2) is 56.2 Å². The van der Waals surface area contributed by atoms with Gasteiger partial charge in [0, 0.05) is 29.9 Å². The third-order valence-corrected chi connectivity index (χ3v) is 6.40. The van der Waals surface area contributed by atoms with E-state index < -0.39 is 9.84 Å². The molecule has 0 radical (unpaired) electrons. The zero-order valence-corrected chi connectivity index (χ0v) is 14.9. The molecule has 8 heteroatoms. The molecular weight excluding hydrogens is 352 g/mol. The van der Waals surface area contributed by atoms with Crippen LogP contribution in [0, 0.1) is 0 Å². The summed E-state index contributed by atoms with van der Waals surface area (Å²) in [6.07, 6.45) is 2.30. The molecule has 1 aromatic carbocycles. The maximum Gasteiger partial charge on any atom is 0.322 e. The monoisotopic (exact) mass is 372 g/mol. The Labute approximate surface area is 147 Å². The summed E-state index contributed by atoms with van der Waals surface area (Å²) in [6.45, 7) is 1.10. The number of carbonyl (C=O) groups is 1. The van der Waals surface area contributed by atoms with E-state index in [1.807, 2.05) is 0 Å². The highest BCUT2D eigenvalue weighted by atomic mass is 35.5. The zero-order chi connectivity index (χ0) is 17.2. The van der Waals surface area contributed by atoms with E-state index in [2.05, 4.69) is 5.32 Å². The minimum Gasteiger partial charge on any atom is -0.376 e. The fourth-order valence-electron chi connectivity index (χ4n) is 3.19. The lowest BCUT2D eigenvalue weighted by Crippen LogP contribution is -2.47. The second-order valence-corrected chi connectivity index (χ2v) is 8.95. The van der Waals surface area contributed by atoms with E-state index >= 15 is 0 Å². The Hall–Kier alpha value is -1.31. The number of amides is 2. The Balaban J connectivity index is 1.73. The van der Waals surface area contributed by atoms with Gasteiger partial charge < -0.3 is 15.0 Å². The van der Waals surface area contributed by atoms with Gasteiger partial charge in [-0.1, -0.05) is 17.7 Å². The smallest absolute Gasteiger partial charge is 0.322 e. The SMILES string of the molecule is O=C(Nc1cccc(Cl)c1)N(C[C@H]1CCCO1)[C@H]1CCS(=O)(=O)C1. The van der Waals surface area contributed by atoms with Gasteiger partial charge in [0.25, 0.3) is 0 Å². The second kappa shape index (κ2) is 7.29. The number of nitrogens with zero attached hydrogens (tertiary/aromatic N) is 1. The van der Waals surface area contributed by atoms with Crippen LogP contribution < -0.4 is 5.32 Å². The first-order valence-electron chi connectivity index (χ1n) is 8.08. The lowest BCUT2D eigenvalue weighted by molar-refractivity contribution is 0.0751. The minimum atomic E-state index is -3.07. The molecule has 2 saturated heterocycles. The van der Waals surface area contributed by atoms with E-state index in [1.54, 1.807) is 29.2 Å². The topological polar surface area (TPSA) is 75.7 Å². The molecule has 2 heterocycles. The minimum absolute atomic E-state index is 0.0166. The van der Waals surface area contributed by atoms with E-state index in [1.165, 1.54) is 0 Å². The molecule has 3 rings (SSSR count). The lowest BCUT2D eigenvalue weighted by Gasteiger charge is -2.30. The van der Waals surface area contributed by atoms with Crippen molar-refractivity contribution in [2.24, 2.45) is 0 Å². The van der Waals surface area contributed by atoms with E-state index in [-0.39, 0.29) is 29.7 Å². The van der Waals surface area contributed by atoms with Gasteiger partial charge in [-0.25, -0.2) is 13.2 Å². The Kier molecular flexibility index (Phi) is 5.32. The summed E-state index contributed by atoms with van der Waals surface area (Å²) in [4.78, 5) is 14.3. The number of halogens is 1. The lowest BCUT2D eigenvalue weighted by atomic mass is 10.2. The van der Waals surface area contributed by atoms with Crippen molar-refractivity contribution in [3.8, 4) is 0 Å². The third kappa shape index (κ3) is 4.40. The van der Waals surface area contributed by atoms with E-state index in [0.717, 1.165) is 12.8 Å². The number of sulfone groups is 1. The second-order valence-electron chi connectivity index (χ2n) is 6.28. The van der Waals surface area contributed by atoms with Gasteiger partial charge in [0.2, 0.25) is 0 Å². The molecule has 0 bridgehead atoms. The van der Waals surface area contributed by atoms with Gasteiger partial charge in [-0.2, -0.15) is 0 Å². The highest BCUT2D eigenvalue weighted by Crippen LogP contribution is 2.23. The number of urea groups is 1. The molecule has 0 aliphatic carbocycles. The summed E-state index contributed by atoms with van der Waals surface area (Å²) in [7, 11) is -3.07. The van der Waals surface area contributed by atoms with Gasteiger partial charge in [0.1, 0.15) is 0 Å². The molecule has 2 amide bonds. The molecule has 2 atom stereocenters. The van der Waals surface area contributed by atoms with Crippen LogP contribution in [0.3, 0.4) is 0 Å². The summed E-state index contributed by atoms with van der Waals surface area (Å²) in [5, 5.41) is 3.34. The van der Waals surface area contributed by atoms with Crippen LogP contribution in [0.2, 0.25) is 5.02 Å². The number of hydrogen-bond donors (Lipinski definition) is 1. The molecule has 0 aromatic heterocycles. The molecule has 1 N–H and O–H groups in total. The van der Waals surface area contributed by atoms with Gasteiger partial charge in [0.05, 0.1) is 17.6 Å². The molecule has 1 aromatic rings. The molecular formula is C16H21ClN2O4S. The predicted molar refractivity (Wildman–Crippen MR) is 93.2 cm³/mol. The van der Waals surface area contributed by atoms with Gasteiger partial charge >= 0.3 is 6.03 Å². The normalized spacial score (nSPS) is 25.5. The molecule has 6 nitrogen and oxygen atoms in total. The molecule has 24 heavy (non-hydrogen) atoms. The van der Waals surface area contributed by atoms with Crippen LogP contribution in [0.15, 0.2) is 24.3 Å². The summed E-state index contributed by atoms with van der Waals surface area (Å²) in [6, 6.07) is 6.27. The molecule has 2 aliphatic heterocycles. The average molecular weight is 373 g/mol. The number of rotatable bonds is 4. The number of ether oxygens (including phenoxy) is 1. The number of nitrogens with one attached hydrogen (secondary N) is 1. The Morgan fingerprint density at radius 3 is 2.83 bits per heavy atom. The van der Waals surface area contributed by atoms with Crippen molar-refractivity contribution in [2.75, 3.05) is 30.0 Å². The summed E-state index contributed by atoms with van der Waals surface area (Å²) < 4.78 is 29.2. The van der Waals surface area contributed by atoms with Crippen LogP contribution in [-0.2, 0) is 14.6 Å². The first kappa shape index (κ1) is 17.5. The first-order valence-corrected chi connectivity index (χ1v) is 10.3. The largest absolute Gasteiger partial charge is 0.376 e. The third-order valence-electron chi connectivity index (χ3n) is 4.41. The molecule has 132 valence electrons. The van der Waals surface area contributed by atoms with Crippen molar-refractivity contribution >= 4 is 33.2 Å². The highest BCUT2D eigenvalue weighted by molar-refractivity contribution is 7.91. The number of hydrogen-bond acceptors (Lipinski definition) is 4. The van der Waals surface area contributed by atoms with Crippen LogP contribution >= 0.6 is 11.6 Å². The van der Waals surface area contributed by atoms with E-state index in [0.29, 0.717) is 30.3 Å². The van der Waals surface area contributed by atoms with Crippen LogP contribution in [0.4, 0.5) is 10.5 Å². The summed E-state index contributed by atoms with van der Waals surface area (Å²) in [5.74, 6) is 0.146. The summed E-state index contributed by atoms with van der Waals surface area (Å²) in [5.41, 5.74) is 0.589. The quantitative estimate of drug-likeness (QED) is 0.881. The molecule has 0 saturated carbocycles. The van der Waals surface area contributed by atoms with Gasteiger partial charge in [-0.05, 0) is 37.5 Å². The van der Waals surface area contributed by atoms with Crippen molar-refractivity contribution in [2.45, 2.75) is 31.4 Å². The van der Waals surface area contributed by atoms with Gasteiger partial charge in [-0.15, -0.1) is 0 Å². The van der Waals surface area contributed by atoms with E-state index in [9.17, 15) is 13.2 Å². The molecule has 2 aliphatic rings. The number of carbonyl (C=O) groups excluding carboxylic acids is 1. The van der Waals surface area contributed by atoms with Gasteiger partial charge in [0.15, 0.2) is 9.84 Å². The standard InChI is InChI=1S/C16H21ClN2O4S/c17-12-3-1-4-13(9-12)18-16(20)19(10-15-5-2-7-23-15)14-6-8-24(21,22)11-14/h1,3-4,9,14-15H,2,5-8,10-11H2,(H,18,20)/t14-,15+/m0/s1. The Morgan fingerprint density at radius 2 is 2.21 bits per heavy atom. The van der Waals surface area contributed by atoms with Gasteiger partial charge in [-0.3, -0.25) is 0 Å². The van der Waals surface area contributed by atoms with Crippen molar-refractivity contribution in [3.63, 3.8) is 0 Å². The van der Waals surface area contributed by atoms with Crippen molar-refractivity contribution in [1.29, 1.82) is 0 Å². The molecule has 0 unspecified atom stereocenters. The fraction of sp³-hybridized carbons (Fsp3) is 0.562. The molecule has 0 spiro atoms. The van der Waals surface area contributed by atoms with Crippen molar-refractivity contribution in [1.82, 2.24) is 4.90 Å².